The number of ether oxygens (including phenoxy) is 2. The van der Waals surface area contributed by atoms with Gasteiger partial charge in [-0.1, -0.05) is 0 Å². The first-order valence-corrected chi connectivity index (χ1v) is 9.16. The van der Waals surface area contributed by atoms with Crippen molar-refractivity contribution >= 4 is 16.0 Å². The van der Waals surface area contributed by atoms with E-state index < -0.39 is 22.6 Å². The molecule has 0 radical (unpaired) electrons. The average Bonchev–Trinajstić information content (AvgIpc) is 2.95. The number of hydrogen-bond acceptors (Lipinski definition) is 6. The topological polar surface area (TPSA) is 96.0 Å². The normalized spacial score (nSPS) is 18.7. The summed E-state index contributed by atoms with van der Waals surface area (Å²) in [5, 5.41) is 10.4. The molecular formula is C16H22NO6S-. The molecule has 1 aromatic carbocycles. The molecule has 1 atom stereocenters. The minimum Gasteiger partial charge on any atom is -0.548 e. The molecular weight excluding hydrogens is 334 g/mol. The Hall–Kier alpha value is -1.64. The number of carbonyl (C=O) groups excluding carboxylic acids is 1. The summed E-state index contributed by atoms with van der Waals surface area (Å²) in [5.74, 6) is -0.705. The standard InChI is InChI=1S/C16H23NO6S/c1-11-7-14(22-3)8-12(2)16(11)24(20,21)17-6-4-5-13(17)9-23-10-15(18)19/h7-8,13H,4-6,9-10H2,1-3H3,(H,18,19)/p-1. The van der Waals surface area contributed by atoms with Crippen LogP contribution in [0.25, 0.3) is 0 Å². The molecule has 1 fully saturated rings. The number of sulfonamides is 1. The van der Waals surface area contributed by atoms with Crippen LogP contribution in [0.2, 0.25) is 0 Å². The second-order valence-corrected chi connectivity index (χ2v) is 7.72. The number of aryl methyl sites for hydroxylation is 2. The number of benzene rings is 1. The van der Waals surface area contributed by atoms with E-state index in [1.165, 1.54) is 11.4 Å². The minimum absolute atomic E-state index is 0.0431. The first-order valence-electron chi connectivity index (χ1n) is 7.72. The van der Waals surface area contributed by atoms with Gasteiger partial charge < -0.3 is 19.4 Å². The number of carboxylic acids is 1. The predicted molar refractivity (Wildman–Crippen MR) is 85.2 cm³/mol. The van der Waals surface area contributed by atoms with Crippen LogP contribution < -0.4 is 9.84 Å². The molecule has 0 amide bonds. The Morgan fingerprint density at radius 1 is 1.33 bits per heavy atom. The molecule has 1 unspecified atom stereocenters. The summed E-state index contributed by atoms with van der Waals surface area (Å²) in [4.78, 5) is 10.7. The van der Waals surface area contributed by atoms with Crippen molar-refractivity contribution in [2.75, 3.05) is 26.9 Å². The van der Waals surface area contributed by atoms with Gasteiger partial charge in [0.05, 0.1) is 31.2 Å². The van der Waals surface area contributed by atoms with E-state index in [9.17, 15) is 18.3 Å². The van der Waals surface area contributed by atoms with E-state index in [4.69, 9.17) is 9.47 Å². The van der Waals surface area contributed by atoms with Crippen LogP contribution in [0.1, 0.15) is 24.0 Å². The van der Waals surface area contributed by atoms with Crippen molar-refractivity contribution in [1.29, 1.82) is 0 Å². The molecule has 0 aromatic heterocycles. The molecule has 1 aliphatic rings. The summed E-state index contributed by atoms with van der Waals surface area (Å²) < 4.78 is 37.8. The van der Waals surface area contributed by atoms with Gasteiger partial charge in [0, 0.05) is 12.6 Å². The zero-order valence-electron chi connectivity index (χ0n) is 14.1. The van der Waals surface area contributed by atoms with E-state index >= 15 is 0 Å². The molecule has 7 nitrogen and oxygen atoms in total. The van der Waals surface area contributed by atoms with Gasteiger partial charge in [0.2, 0.25) is 10.0 Å². The molecule has 134 valence electrons. The summed E-state index contributed by atoms with van der Waals surface area (Å²) in [6.07, 6.45) is 1.35. The first-order chi connectivity index (χ1) is 11.3. The zero-order chi connectivity index (χ0) is 17.9. The highest BCUT2D eigenvalue weighted by atomic mass is 32.2. The number of carboxylic acid groups (broad SMARTS) is 1. The van der Waals surface area contributed by atoms with Crippen molar-refractivity contribution in [3.63, 3.8) is 0 Å². The Labute approximate surface area is 142 Å². The molecule has 1 aromatic rings. The van der Waals surface area contributed by atoms with Crippen molar-refractivity contribution in [2.45, 2.75) is 37.6 Å². The fourth-order valence-electron chi connectivity index (χ4n) is 3.12. The van der Waals surface area contributed by atoms with Crippen LogP contribution in [0.5, 0.6) is 5.75 Å². The summed E-state index contributed by atoms with van der Waals surface area (Å²) in [6.45, 7) is 3.37. The smallest absolute Gasteiger partial charge is 0.243 e. The molecule has 0 saturated carbocycles. The molecule has 1 heterocycles. The van der Waals surface area contributed by atoms with Crippen molar-refractivity contribution in [1.82, 2.24) is 4.31 Å². The van der Waals surface area contributed by atoms with Gasteiger partial charge in [-0.05, 0) is 49.9 Å². The minimum atomic E-state index is -3.69. The average molecular weight is 356 g/mol. The first kappa shape index (κ1) is 18.7. The molecule has 0 aliphatic carbocycles. The SMILES string of the molecule is COc1cc(C)c(S(=O)(=O)N2CCCC2COCC(=O)[O-])c(C)c1. The molecule has 1 saturated heterocycles. The molecule has 2 rings (SSSR count). The Kier molecular flexibility index (Phi) is 5.84. The Morgan fingerprint density at radius 2 is 1.96 bits per heavy atom. The van der Waals surface area contributed by atoms with Crippen molar-refractivity contribution in [2.24, 2.45) is 0 Å². The third-order valence-electron chi connectivity index (χ3n) is 4.09. The van der Waals surface area contributed by atoms with Crippen LogP contribution in [0.4, 0.5) is 0 Å². The van der Waals surface area contributed by atoms with Gasteiger partial charge in [0.1, 0.15) is 5.75 Å². The summed E-state index contributed by atoms with van der Waals surface area (Å²) in [6, 6.07) is 3.02. The van der Waals surface area contributed by atoms with Crippen LogP contribution in [0.3, 0.4) is 0 Å². The Morgan fingerprint density at radius 3 is 2.50 bits per heavy atom. The quantitative estimate of drug-likeness (QED) is 0.694. The zero-order valence-corrected chi connectivity index (χ0v) is 14.9. The second kappa shape index (κ2) is 7.50. The van der Waals surface area contributed by atoms with Crippen LogP contribution in [0, 0.1) is 13.8 Å². The van der Waals surface area contributed by atoms with Crippen molar-refractivity contribution in [3.8, 4) is 5.75 Å². The van der Waals surface area contributed by atoms with E-state index in [2.05, 4.69) is 0 Å². The van der Waals surface area contributed by atoms with Gasteiger partial charge in [-0.3, -0.25) is 0 Å². The summed E-state index contributed by atoms with van der Waals surface area (Å²) >= 11 is 0. The van der Waals surface area contributed by atoms with Crippen molar-refractivity contribution in [3.05, 3.63) is 23.3 Å². The van der Waals surface area contributed by atoms with E-state index in [1.807, 2.05) is 0 Å². The maximum atomic E-state index is 13.1. The Balaban J connectivity index is 2.27. The number of hydrogen-bond donors (Lipinski definition) is 0. The second-order valence-electron chi connectivity index (χ2n) is 5.89. The lowest BCUT2D eigenvalue weighted by Crippen LogP contribution is -2.39. The van der Waals surface area contributed by atoms with Crippen LogP contribution in [-0.4, -0.2) is 51.6 Å². The van der Waals surface area contributed by atoms with E-state index in [1.54, 1.807) is 26.0 Å². The monoisotopic (exact) mass is 356 g/mol. The number of carbonyl (C=O) groups is 1. The van der Waals surface area contributed by atoms with E-state index in [0.717, 1.165) is 0 Å². The number of methoxy groups -OCH3 is 1. The molecule has 24 heavy (non-hydrogen) atoms. The van der Waals surface area contributed by atoms with Gasteiger partial charge in [0.15, 0.2) is 0 Å². The maximum Gasteiger partial charge on any atom is 0.243 e. The highest BCUT2D eigenvalue weighted by molar-refractivity contribution is 7.89. The third kappa shape index (κ3) is 3.88. The van der Waals surface area contributed by atoms with E-state index in [-0.39, 0.29) is 17.5 Å². The highest BCUT2D eigenvalue weighted by Gasteiger charge is 2.37. The molecule has 0 N–H and O–H groups in total. The lowest BCUT2D eigenvalue weighted by molar-refractivity contribution is -0.309. The van der Waals surface area contributed by atoms with Crippen LogP contribution in [0.15, 0.2) is 17.0 Å². The number of nitrogens with zero attached hydrogens (tertiary/aromatic N) is 1. The largest absolute Gasteiger partial charge is 0.548 e. The lowest BCUT2D eigenvalue weighted by Gasteiger charge is -2.26. The lowest BCUT2D eigenvalue weighted by atomic mass is 10.1. The Bertz CT molecular complexity index is 692. The van der Waals surface area contributed by atoms with Gasteiger partial charge in [-0.15, -0.1) is 0 Å². The van der Waals surface area contributed by atoms with Gasteiger partial charge in [-0.25, -0.2) is 8.42 Å². The number of aliphatic carboxylic acids is 1. The van der Waals surface area contributed by atoms with Gasteiger partial charge in [-0.2, -0.15) is 4.31 Å². The summed E-state index contributed by atoms with van der Waals surface area (Å²) in [7, 11) is -2.15. The summed E-state index contributed by atoms with van der Waals surface area (Å²) in [5.41, 5.74) is 1.24. The van der Waals surface area contributed by atoms with Crippen LogP contribution >= 0.6 is 0 Å². The molecule has 1 aliphatic heterocycles. The fraction of sp³-hybridized carbons (Fsp3) is 0.562. The van der Waals surface area contributed by atoms with E-state index in [0.29, 0.717) is 36.3 Å². The molecule has 8 heteroatoms. The number of rotatable bonds is 7. The highest BCUT2D eigenvalue weighted by Crippen LogP contribution is 2.32. The van der Waals surface area contributed by atoms with Crippen LogP contribution in [-0.2, 0) is 19.6 Å². The maximum absolute atomic E-state index is 13.1. The van der Waals surface area contributed by atoms with Crippen molar-refractivity contribution < 1.29 is 27.8 Å². The van der Waals surface area contributed by atoms with Gasteiger partial charge >= 0.3 is 0 Å². The molecule has 0 bridgehead atoms. The molecule has 0 spiro atoms. The fourth-order valence-corrected chi connectivity index (χ4v) is 5.22. The predicted octanol–water partition coefficient (Wildman–Crippen LogP) is 0.232. The van der Waals surface area contributed by atoms with Gasteiger partial charge in [0.25, 0.3) is 0 Å². The third-order valence-corrected chi connectivity index (χ3v) is 6.35.